The van der Waals surface area contributed by atoms with Crippen LogP contribution in [0.2, 0.25) is 0 Å². The van der Waals surface area contributed by atoms with Gasteiger partial charge in [0.15, 0.2) is 5.82 Å². The maximum absolute atomic E-state index is 5.74. The topological polar surface area (TPSA) is 47.0 Å². The molecule has 0 bridgehead atoms. The number of ether oxygens (including phenoxy) is 1. The van der Waals surface area contributed by atoms with E-state index in [1.54, 1.807) is 0 Å². The van der Waals surface area contributed by atoms with Crippen molar-refractivity contribution in [1.82, 2.24) is 9.97 Å². The van der Waals surface area contributed by atoms with E-state index in [-0.39, 0.29) is 5.60 Å². The summed E-state index contributed by atoms with van der Waals surface area (Å²) in [6.07, 6.45) is 5.73. The van der Waals surface area contributed by atoms with Gasteiger partial charge in [0.05, 0.1) is 23.7 Å². The van der Waals surface area contributed by atoms with E-state index in [0.717, 1.165) is 36.5 Å². The van der Waals surface area contributed by atoms with Crippen LogP contribution in [0.1, 0.15) is 26.7 Å². The molecule has 0 aliphatic carbocycles. The molecule has 1 unspecified atom stereocenters. The Morgan fingerprint density at radius 2 is 1.86 bits per heavy atom. The van der Waals surface area contributed by atoms with Gasteiger partial charge >= 0.3 is 0 Å². The number of anilines is 1. The third-order valence-electron chi connectivity index (χ3n) is 3.75. The first-order valence-electron chi connectivity index (χ1n) is 7.40. The minimum absolute atomic E-state index is 0.0548. The van der Waals surface area contributed by atoms with Crippen LogP contribution in [0.3, 0.4) is 0 Å². The van der Waals surface area contributed by atoms with Gasteiger partial charge in [-0.15, -0.1) is 0 Å². The standard InChI is InChI=1S/C17H21N3O/c1-17(2)10-14(8-9-21-17)20-15-11-18-16(19-12-15)13-6-4-3-5-7-13/h3-7,11-12,14,20H,8-10H2,1-2H3. The van der Waals surface area contributed by atoms with E-state index in [9.17, 15) is 0 Å². The van der Waals surface area contributed by atoms with Crippen LogP contribution in [0.25, 0.3) is 11.4 Å². The number of hydrogen-bond acceptors (Lipinski definition) is 4. The molecule has 110 valence electrons. The highest BCUT2D eigenvalue weighted by atomic mass is 16.5. The molecule has 2 heterocycles. The van der Waals surface area contributed by atoms with Crippen LogP contribution in [0.15, 0.2) is 42.7 Å². The zero-order valence-electron chi connectivity index (χ0n) is 12.5. The fourth-order valence-electron chi connectivity index (χ4n) is 2.73. The predicted molar refractivity (Wildman–Crippen MR) is 84.1 cm³/mol. The van der Waals surface area contributed by atoms with E-state index in [1.165, 1.54) is 0 Å². The van der Waals surface area contributed by atoms with E-state index in [1.807, 2.05) is 42.7 Å². The summed E-state index contributed by atoms with van der Waals surface area (Å²) < 4.78 is 5.74. The number of nitrogens with zero attached hydrogens (tertiary/aromatic N) is 2. The van der Waals surface area contributed by atoms with Crippen molar-refractivity contribution < 1.29 is 4.74 Å². The molecule has 1 N–H and O–H groups in total. The van der Waals surface area contributed by atoms with Gasteiger partial charge in [0.25, 0.3) is 0 Å². The molecule has 0 amide bonds. The Labute approximate surface area is 125 Å². The van der Waals surface area contributed by atoms with Crippen molar-refractivity contribution in [3.63, 3.8) is 0 Å². The van der Waals surface area contributed by atoms with Crippen molar-refractivity contribution in [1.29, 1.82) is 0 Å². The molecule has 1 fully saturated rings. The zero-order chi connectivity index (χ0) is 14.7. The molecule has 1 aliphatic heterocycles. The molecule has 0 spiro atoms. The van der Waals surface area contributed by atoms with Crippen molar-refractivity contribution in [2.75, 3.05) is 11.9 Å². The second-order valence-corrected chi connectivity index (χ2v) is 6.10. The first-order chi connectivity index (χ1) is 10.1. The van der Waals surface area contributed by atoms with Gasteiger partial charge in [-0.3, -0.25) is 0 Å². The Kier molecular flexibility index (Phi) is 3.88. The summed E-state index contributed by atoms with van der Waals surface area (Å²) in [6, 6.07) is 10.4. The highest BCUT2D eigenvalue weighted by Gasteiger charge is 2.28. The molecule has 4 nitrogen and oxygen atoms in total. The molecule has 0 radical (unpaired) electrons. The lowest BCUT2D eigenvalue weighted by atomic mass is 9.94. The van der Waals surface area contributed by atoms with Crippen LogP contribution in [0.5, 0.6) is 0 Å². The van der Waals surface area contributed by atoms with Gasteiger partial charge in [0.1, 0.15) is 0 Å². The fourth-order valence-corrected chi connectivity index (χ4v) is 2.73. The summed E-state index contributed by atoms with van der Waals surface area (Å²) in [5.74, 6) is 0.758. The first kappa shape index (κ1) is 14.0. The van der Waals surface area contributed by atoms with Gasteiger partial charge in [-0.2, -0.15) is 0 Å². The summed E-state index contributed by atoms with van der Waals surface area (Å²) in [7, 11) is 0. The van der Waals surface area contributed by atoms with Crippen LogP contribution >= 0.6 is 0 Å². The lowest BCUT2D eigenvalue weighted by Crippen LogP contribution is -2.40. The van der Waals surface area contributed by atoms with Crippen LogP contribution in [0.4, 0.5) is 5.69 Å². The molecule has 1 atom stereocenters. The highest BCUT2D eigenvalue weighted by molar-refractivity contribution is 5.55. The Bertz CT molecular complexity index is 581. The normalized spacial score (nSPS) is 21.0. The fraction of sp³-hybridized carbons (Fsp3) is 0.412. The van der Waals surface area contributed by atoms with E-state index in [2.05, 4.69) is 29.1 Å². The van der Waals surface area contributed by atoms with Gasteiger partial charge in [-0.05, 0) is 26.7 Å². The van der Waals surface area contributed by atoms with Crippen LogP contribution < -0.4 is 5.32 Å². The Hall–Kier alpha value is -1.94. The second-order valence-electron chi connectivity index (χ2n) is 6.10. The van der Waals surface area contributed by atoms with Gasteiger partial charge in [-0.25, -0.2) is 9.97 Å². The summed E-state index contributed by atoms with van der Waals surface area (Å²) in [6.45, 7) is 5.07. The number of benzene rings is 1. The van der Waals surface area contributed by atoms with Gasteiger partial charge in [0.2, 0.25) is 0 Å². The molecule has 1 aliphatic rings. The molecule has 1 aromatic heterocycles. The minimum Gasteiger partial charge on any atom is -0.380 e. The van der Waals surface area contributed by atoms with E-state index in [4.69, 9.17) is 4.74 Å². The Balaban J connectivity index is 1.67. The quantitative estimate of drug-likeness (QED) is 0.936. The second kappa shape index (κ2) is 5.82. The summed E-state index contributed by atoms with van der Waals surface area (Å²) in [4.78, 5) is 8.89. The summed E-state index contributed by atoms with van der Waals surface area (Å²) >= 11 is 0. The number of nitrogens with one attached hydrogen (secondary N) is 1. The Morgan fingerprint density at radius 3 is 2.52 bits per heavy atom. The van der Waals surface area contributed by atoms with E-state index < -0.39 is 0 Å². The average Bonchev–Trinajstić information content (AvgIpc) is 2.48. The summed E-state index contributed by atoms with van der Waals surface area (Å²) in [5.41, 5.74) is 1.95. The third-order valence-corrected chi connectivity index (χ3v) is 3.75. The van der Waals surface area contributed by atoms with Crippen LogP contribution in [0, 0.1) is 0 Å². The SMILES string of the molecule is CC1(C)CC(Nc2cnc(-c3ccccc3)nc2)CCO1. The highest BCUT2D eigenvalue weighted by Crippen LogP contribution is 2.26. The predicted octanol–water partition coefficient (Wildman–Crippen LogP) is 3.51. The molecule has 2 aromatic rings. The molecule has 21 heavy (non-hydrogen) atoms. The molecule has 1 saturated heterocycles. The maximum atomic E-state index is 5.74. The average molecular weight is 283 g/mol. The number of aromatic nitrogens is 2. The van der Waals surface area contributed by atoms with Crippen molar-refractivity contribution in [2.45, 2.75) is 38.3 Å². The minimum atomic E-state index is -0.0548. The number of rotatable bonds is 3. The lowest BCUT2D eigenvalue weighted by Gasteiger charge is -2.36. The van der Waals surface area contributed by atoms with Crippen LogP contribution in [-0.2, 0) is 4.74 Å². The molecule has 3 rings (SSSR count). The lowest BCUT2D eigenvalue weighted by molar-refractivity contribution is -0.0553. The van der Waals surface area contributed by atoms with E-state index in [0.29, 0.717) is 6.04 Å². The van der Waals surface area contributed by atoms with Crippen LogP contribution in [-0.4, -0.2) is 28.2 Å². The van der Waals surface area contributed by atoms with E-state index >= 15 is 0 Å². The van der Waals surface area contributed by atoms with Gasteiger partial charge in [-0.1, -0.05) is 30.3 Å². The number of hydrogen-bond donors (Lipinski definition) is 1. The maximum Gasteiger partial charge on any atom is 0.159 e. The summed E-state index contributed by atoms with van der Waals surface area (Å²) in [5, 5.41) is 3.51. The molecule has 0 saturated carbocycles. The first-order valence-corrected chi connectivity index (χ1v) is 7.40. The molecule has 1 aromatic carbocycles. The van der Waals surface area contributed by atoms with Crippen molar-refractivity contribution in [3.8, 4) is 11.4 Å². The third kappa shape index (κ3) is 3.58. The van der Waals surface area contributed by atoms with Crippen molar-refractivity contribution in [2.24, 2.45) is 0 Å². The van der Waals surface area contributed by atoms with Crippen molar-refractivity contribution in [3.05, 3.63) is 42.7 Å². The Morgan fingerprint density at radius 1 is 1.14 bits per heavy atom. The van der Waals surface area contributed by atoms with Gasteiger partial charge < -0.3 is 10.1 Å². The van der Waals surface area contributed by atoms with Crippen molar-refractivity contribution >= 4 is 5.69 Å². The molecular formula is C17H21N3O. The smallest absolute Gasteiger partial charge is 0.159 e. The molecule has 4 heteroatoms. The molecular weight excluding hydrogens is 262 g/mol. The van der Waals surface area contributed by atoms with Gasteiger partial charge in [0, 0.05) is 18.2 Å². The zero-order valence-corrected chi connectivity index (χ0v) is 12.5. The monoisotopic (exact) mass is 283 g/mol. The largest absolute Gasteiger partial charge is 0.380 e.